The maximum absolute atomic E-state index is 13.7. The Morgan fingerprint density at radius 1 is 1.19 bits per heavy atom. The number of halogens is 2. The van der Waals surface area contributed by atoms with E-state index in [9.17, 15) is 13.6 Å². The normalized spacial score (nSPS) is 12.1. The van der Waals surface area contributed by atoms with Gasteiger partial charge in [-0.05, 0) is 31.2 Å². The van der Waals surface area contributed by atoms with E-state index >= 15 is 0 Å². The first-order chi connectivity index (χ1) is 9.99. The summed E-state index contributed by atoms with van der Waals surface area (Å²) < 4.78 is 27.3. The zero-order valence-electron chi connectivity index (χ0n) is 11.6. The molecular weight excluding hydrogens is 274 g/mol. The molecule has 2 rings (SSSR count). The predicted octanol–water partition coefficient (Wildman–Crippen LogP) is 2.91. The molecule has 110 valence electrons. The van der Waals surface area contributed by atoms with E-state index in [0.717, 1.165) is 0 Å². The highest BCUT2D eigenvalue weighted by Crippen LogP contribution is 2.17. The van der Waals surface area contributed by atoms with Crippen LogP contribution in [0.3, 0.4) is 0 Å². The maximum Gasteiger partial charge on any atom is 0.248 e. The molecule has 1 atom stereocenters. The molecule has 5 heteroatoms. The highest BCUT2D eigenvalue weighted by atomic mass is 19.1. The van der Waals surface area contributed by atoms with Gasteiger partial charge in [0.05, 0.1) is 0 Å². The molecule has 0 saturated heterocycles. The number of hydrogen-bond donors (Lipinski definition) is 2. The van der Waals surface area contributed by atoms with E-state index in [1.165, 1.54) is 24.3 Å². The van der Waals surface area contributed by atoms with Gasteiger partial charge in [-0.25, -0.2) is 8.78 Å². The van der Waals surface area contributed by atoms with Gasteiger partial charge in [-0.1, -0.05) is 18.2 Å². The molecule has 0 heterocycles. The Hall–Kier alpha value is -2.27. The molecule has 0 aromatic heterocycles. The molecule has 1 amide bonds. The Balaban J connectivity index is 2.11. The van der Waals surface area contributed by atoms with Gasteiger partial charge in [0.1, 0.15) is 11.6 Å². The van der Waals surface area contributed by atoms with Crippen LogP contribution in [0, 0.1) is 11.6 Å². The van der Waals surface area contributed by atoms with Crippen molar-refractivity contribution < 1.29 is 13.6 Å². The van der Waals surface area contributed by atoms with Crippen LogP contribution < -0.4 is 11.1 Å². The molecule has 0 fully saturated rings. The summed E-state index contributed by atoms with van der Waals surface area (Å²) in [6.45, 7) is 1.96. The van der Waals surface area contributed by atoms with E-state index in [1.807, 2.05) is 0 Å². The standard InChI is InChI=1S/C16H16F2N2O/c1-10(13-4-2-3-5-15(13)18)20-9-12-8-11(16(19)21)6-7-14(12)17/h2-8,10,20H,9H2,1H3,(H2,19,21). The minimum absolute atomic E-state index is 0.169. The SMILES string of the molecule is CC(NCc1cc(C(N)=O)ccc1F)c1ccccc1F. The molecule has 0 aliphatic heterocycles. The van der Waals surface area contributed by atoms with Crippen molar-refractivity contribution in [3.8, 4) is 0 Å². The molecule has 1 unspecified atom stereocenters. The summed E-state index contributed by atoms with van der Waals surface area (Å²) in [7, 11) is 0. The smallest absolute Gasteiger partial charge is 0.248 e. The fourth-order valence-electron chi connectivity index (χ4n) is 2.06. The van der Waals surface area contributed by atoms with Gasteiger partial charge in [0.2, 0.25) is 5.91 Å². The summed E-state index contributed by atoms with van der Waals surface area (Å²) in [5, 5.41) is 3.03. The average molecular weight is 290 g/mol. The second-order valence-corrected chi connectivity index (χ2v) is 4.79. The van der Waals surface area contributed by atoms with Crippen LogP contribution in [0.4, 0.5) is 8.78 Å². The summed E-state index contributed by atoms with van der Waals surface area (Å²) in [5.41, 5.74) is 6.23. The molecule has 0 radical (unpaired) electrons. The van der Waals surface area contributed by atoms with Crippen molar-refractivity contribution in [3.05, 3.63) is 70.8 Å². The minimum atomic E-state index is -0.613. The third kappa shape index (κ3) is 3.64. The van der Waals surface area contributed by atoms with Gasteiger partial charge in [0.15, 0.2) is 0 Å². The number of carbonyl (C=O) groups is 1. The van der Waals surface area contributed by atoms with Crippen molar-refractivity contribution in [2.75, 3.05) is 0 Å². The van der Waals surface area contributed by atoms with Crippen LogP contribution in [0.1, 0.15) is 34.5 Å². The molecule has 2 aromatic carbocycles. The van der Waals surface area contributed by atoms with Crippen molar-refractivity contribution in [2.45, 2.75) is 19.5 Å². The van der Waals surface area contributed by atoms with Gasteiger partial charge in [0, 0.05) is 29.3 Å². The lowest BCUT2D eigenvalue weighted by atomic mass is 10.1. The highest BCUT2D eigenvalue weighted by Gasteiger charge is 2.12. The Kier molecular flexibility index (Phi) is 4.65. The summed E-state index contributed by atoms with van der Waals surface area (Å²) in [5.74, 6) is -1.37. The second kappa shape index (κ2) is 6.45. The lowest BCUT2D eigenvalue weighted by Crippen LogP contribution is -2.20. The van der Waals surface area contributed by atoms with Crippen molar-refractivity contribution in [1.82, 2.24) is 5.32 Å². The van der Waals surface area contributed by atoms with Crippen molar-refractivity contribution in [3.63, 3.8) is 0 Å². The highest BCUT2D eigenvalue weighted by molar-refractivity contribution is 5.92. The predicted molar refractivity (Wildman–Crippen MR) is 76.6 cm³/mol. The van der Waals surface area contributed by atoms with Gasteiger partial charge in [0.25, 0.3) is 0 Å². The fourth-order valence-corrected chi connectivity index (χ4v) is 2.06. The first kappa shape index (κ1) is 15.1. The summed E-state index contributed by atoms with van der Waals surface area (Å²) in [6, 6.07) is 10.0. The first-order valence-electron chi connectivity index (χ1n) is 6.55. The van der Waals surface area contributed by atoms with Crippen LogP contribution in [0.25, 0.3) is 0 Å². The van der Waals surface area contributed by atoms with Gasteiger partial charge < -0.3 is 11.1 Å². The first-order valence-corrected chi connectivity index (χ1v) is 6.55. The monoisotopic (exact) mass is 290 g/mol. The van der Waals surface area contributed by atoms with Crippen LogP contribution in [0.5, 0.6) is 0 Å². The molecule has 2 aromatic rings. The second-order valence-electron chi connectivity index (χ2n) is 4.79. The number of hydrogen-bond acceptors (Lipinski definition) is 2. The molecule has 21 heavy (non-hydrogen) atoms. The molecule has 0 aliphatic carbocycles. The number of rotatable bonds is 5. The van der Waals surface area contributed by atoms with E-state index in [2.05, 4.69) is 5.32 Å². The summed E-state index contributed by atoms with van der Waals surface area (Å²) >= 11 is 0. The van der Waals surface area contributed by atoms with E-state index in [0.29, 0.717) is 11.1 Å². The molecule has 3 nitrogen and oxygen atoms in total. The topological polar surface area (TPSA) is 55.1 Å². The minimum Gasteiger partial charge on any atom is -0.366 e. The third-order valence-corrected chi connectivity index (χ3v) is 3.30. The lowest BCUT2D eigenvalue weighted by molar-refractivity contribution is 0.1000. The van der Waals surface area contributed by atoms with E-state index in [-0.39, 0.29) is 24.0 Å². The summed E-state index contributed by atoms with van der Waals surface area (Å²) in [4.78, 5) is 11.1. The molecular formula is C16H16F2N2O. The number of nitrogens with one attached hydrogen (secondary N) is 1. The Morgan fingerprint density at radius 2 is 1.90 bits per heavy atom. The Labute approximate surface area is 121 Å². The van der Waals surface area contributed by atoms with Crippen LogP contribution in [-0.2, 0) is 6.54 Å². The van der Waals surface area contributed by atoms with Crippen LogP contribution in [-0.4, -0.2) is 5.91 Å². The van der Waals surface area contributed by atoms with Gasteiger partial charge in [-0.2, -0.15) is 0 Å². The molecule has 3 N–H and O–H groups in total. The molecule has 0 aliphatic rings. The average Bonchev–Trinajstić information content (AvgIpc) is 2.46. The zero-order valence-corrected chi connectivity index (χ0v) is 11.6. The van der Waals surface area contributed by atoms with Crippen LogP contribution >= 0.6 is 0 Å². The third-order valence-electron chi connectivity index (χ3n) is 3.30. The molecule has 0 bridgehead atoms. The van der Waals surface area contributed by atoms with Gasteiger partial charge in [-0.3, -0.25) is 4.79 Å². The largest absolute Gasteiger partial charge is 0.366 e. The van der Waals surface area contributed by atoms with Crippen LogP contribution in [0.15, 0.2) is 42.5 Å². The quantitative estimate of drug-likeness (QED) is 0.889. The Bertz CT molecular complexity index is 658. The number of nitrogens with two attached hydrogens (primary N) is 1. The lowest BCUT2D eigenvalue weighted by Gasteiger charge is -2.15. The Morgan fingerprint density at radius 3 is 2.57 bits per heavy atom. The van der Waals surface area contributed by atoms with E-state index in [1.54, 1.807) is 25.1 Å². The van der Waals surface area contributed by atoms with Gasteiger partial charge >= 0.3 is 0 Å². The number of benzene rings is 2. The molecule has 0 saturated carbocycles. The number of primary amides is 1. The van der Waals surface area contributed by atoms with Crippen molar-refractivity contribution in [2.24, 2.45) is 5.73 Å². The van der Waals surface area contributed by atoms with Crippen LogP contribution in [0.2, 0.25) is 0 Å². The summed E-state index contributed by atoms with van der Waals surface area (Å²) in [6.07, 6.45) is 0. The number of carbonyl (C=O) groups excluding carboxylic acids is 1. The van der Waals surface area contributed by atoms with Crippen molar-refractivity contribution in [1.29, 1.82) is 0 Å². The molecule has 0 spiro atoms. The fraction of sp³-hybridized carbons (Fsp3) is 0.188. The van der Waals surface area contributed by atoms with E-state index < -0.39 is 11.7 Å². The van der Waals surface area contributed by atoms with E-state index in [4.69, 9.17) is 5.73 Å². The number of amides is 1. The maximum atomic E-state index is 13.7. The van der Waals surface area contributed by atoms with Crippen molar-refractivity contribution >= 4 is 5.91 Å². The van der Waals surface area contributed by atoms with Gasteiger partial charge in [-0.15, -0.1) is 0 Å². The zero-order chi connectivity index (χ0) is 15.4.